The molecule has 1 rings (SSSR count). The number of alkyl halides is 2. The van der Waals surface area contributed by atoms with Gasteiger partial charge < -0.3 is 5.11 Å². The lowest BCUT2D eigenvalue weighted by molar-refractivity contribution is 0.475. The summed E-state index contributed by atoms with van der Waals surface area (Å²) in [4.78, 5) is 0. The van der Waals surface area contributed by atoms with E-state index in [0.29, 0.717) is 17.5 Å². The second kappa shape index (κ2) is 7.70. The fourth-order valence-electron chi connectivity index (χ4n) is 0.428. The first-order valence-electron chi connectivity index (χ1n) is 3.17. The number of rotatable bonds is 1. The van der Waals surface area contributed by atoms with E-state index >= 15 is 0 Å². The third kappa shape index (κ3) is 7.50. The van der Waals surface area contributed by atoms with Crippen LogP contribution >= 0.6 is 23.2 Å². The highest BCUT2D eigenvalue weighted by molar-refractivity contribution is 6.25. The summed E-state index contributed by atoms with van der Waals surface area (Å²) >= 11 is 10.1. The van der Waals surface area contributed by atoms with Crippen molar-refractivity contribution in [3.05, 3.63) is 30.3 Å². The summed E-state index contributed by atoms with van der Waals surface area (Å²) < 4.78 is 0. The molecule has 11 heavy (non-hydrogen) atoms. The Morgan fingerprint density at radius 1 is 1.00 bits per heavy atom. The molecular weight excluding hydrogens is 183 g/mol. The van der Waals surface area contributed by atoms with Gasteiger partial charge in [-0.3, -0.25) is 0 Å². The van der Waals surface area contributed by atoms with Crippen LogP contribution in [0.4, 0.5) is 0 Å². The molecule has 0 atom stereocenters. The van der Waals surface area contributed by atoms with Gasteiger partial charge in [-0.05, 0) is 12.1 Å². The predicted octanol–water partition coefficient (Wildman–Crippen LogP) is 2.86. The molecule has 0 aliphatic heterocycles. The van der Waals surface area contributed by atoms with E-state index in [1.807, 2.05) is 6.07 Å². The highest BCUT2D eigenvalue weighted by Crippen LogP contribution is 2.02. The van der Waals surface area contributed by atoms with Crippen LogP contribution < -0.4 is 0 Å². The van der Waals surface area contributed by atoms with Gasteiger partial charge in [0.05, 0.1) is 0 Å². The Morgan fingerprint density at radius 2 is 1.45 bits per heavy atom. The molecule has 0 spiro atoms. The van der Waals surface area contributed by atoms with Gasteiger partial charge in [-0.15, -0.1) is 23.2 Å². The van der Waals surface area contributed by atoms with Gasteiger partial charge >= 0.3 is 0 Å². The van der Waals surface area contributed by atoms with Crippen molar-refractivity contribution < 1.29 is 5.11 Å². The lowest BCUT2D eigenvalue weighted by Crippen LogP contribution is -1.63. The second-order valence-electron chi connectivity index (χ2n) is 1.71. The topological polar surface area (TPSA) is 20.2 Å². The van der Waals surface area contributed by atoms with Crippen LogP contribution in [0.3, 0.4) is 0 Å². The average Bonchev–Trinajstić information content (AvgIpc) is 2.07. The van der Waals surface area contributed by atoms with Crippen molar-refractivity contribution >= 4 is 23.2 Å². The van der Waals surface area contributed by atoms with Gasteiger partial charge in [0.15, 0.2) is 0 Å². The molecule has 0 aromatic heterocycles. The fourth-order valence-corrected chi connectivity index (χ4v) is 0.428. The largest absolute Gasteiger partial charge is 0.508 e. The molecule has 0 bridgehead atoms. The Morgan fingerprint density at radius 3 is 1.64 bits per heavy atom. The second-order valence-corrected chi connectivity index (χ2v) is 2.47. The maximum absolute atomic E-state index is 8.63. The van der Waals surface area contributed by atoms with Crippen molar-refractivity contribution in [2.75, 3.05) is 11.8 Å². The summed E-state index contributed by atoms with van der Waals surface area (Å²) in [6.07, 6.45) is 0. The van der Waals surface area contributed by atoms with Crippen molar-refractivity contribution in [2.24, 2.45) is 0 Å². The molecule has 1 aromatic rings. The average molecular weight is 193 g/mol. The monoisotopic (exact) mass is 192 g/mol. The van der Waals surface area contributed by atoms with Crippen LogP contribution in [0.5, 0.6) is 5.75 Å². The van der Waals surface area contributed by atoms with E-state index in [4.69, 9.17) is 28.3 Å². The summed E-state index contributed by atoms with van der Waals surface area (Å²) in [5, 5.41) is 8.63. The number of benzene rings is 1. The quantitative estimate of drug-likeness (QED) is 0.680. The smallest absolute Gasteiger partial charge is 0.115 e. The molecule has 0 aliphatic carbocycles. The Bertz CT molecular complexity index is 163. The van der Waals surface area contributed by atoms with E-state index in [0.717, 1.165) is 0 Å². The van der Waals surface area contributed by atoms with Crippen LogP contribution in [0.15, 0.2) is 30.3 Å². The summed E-state index contributed by atoms with van der Waals surface area (Å²) in [5.41, 5.74) is 0. The standard InChI is InChI=1S/C6H6O.C2H4Cl2/c7-6-4-2-1-3-5-6;3-1-2-4/h1-5,7H;1-2H2. The van der Waals surface area contributed by atoms with Crippen LogP contribution in [-0.4, -0.2) is 16.9 Å². The Balaban J connectivity index is 0.000000218. The molecule has 1 N–H and O–H groups in total. The molecule has 0 unspecified atom stereocenters. The molecule has 0 radical (unpaired) electrons. The molecule has 3 heteroatoms. The van der Waals surface area contributed by atoms with Crippen LogP contribution in [0.25, 0.3) is 0 Å². The zero-order valence-electron chi connectivity index (χ0n) is 6.00. The lowest BCUT2D eigenvalue weighted by Gasteiger charge is -1.82. The van der Waals surface area contributed by atoms with Gasteiger partial charge in [0.2, 0.25) is 0 Å². The van der Waals surface area contributed by atoms with E-state index in [2.05, 4.69) is 0 Å². The molecule has 0 saturated carbocycles. The van der Waals surface area contributed by atoms with Crippen LogP contribution in [0.1, 0.15) is 0 Å². The summed E-state index contributed by atoms with van der Waals surface area (Å²) in [6, 6.07) is 8.71. The Labute approximate surface area is 76.6 Å². The molecule has 0 fully saturated rings. The molecule has 0 saturated heterocycles. The first-order valence-corrected chi connectivity index (χ1v) is 4.24. The molecule has 0 amide bonds. The summed E-state index contributed by atoms with van der Waals surface area (Å²) in [5.74, 6) is 1.44. The Kier molecular flexibility index (Phi) is 7.42. The number of phenolic OH excluding ortho intramolecular Hbond substituents is 1. The van der Waals surface area contributed by atoms with Gasteiger partial charge in [-0.1, -0.05) is 18.2 Å². The van der Waals surface area contributed by atoms with E-state index < -0.39 is 0 Å². The molecular formula is C8H10Cl2O. The van der Waals surface area contributed by atoms with E-state index in [9.17, 15) is 0 Å². The number of aromatic hydroxyl groups is 1. The molecule has 62 valence electrons. The van der Waals surface area contributed by atoms with Crippen molar-refractivity contribution in [3.63, 3.8) is 0 Å². The van der Waals surface area contributed by atoms with Gasteiger partial charge in [-0.2, -0.15) is 0 Å². The van der Waals surface area contributed by atoms with Crippen molar-refractivity contribution in [2.45, 2.75) is 0 Å². The zero-order valence-corrected chi connectivity index (χ0v) is 7.52. The highest BCUT2D eigenvalue weighted by atomic mass is 35.5. The maximum atomic E-state index is 8.63. The maximum Gasteiger partial charge on any atom is 0.115 e. The van der Waals surface area contributed by atoms with E-state index in [1.54, 1.807) is 24.3 Å². The van der Waals surface area contributed by atoms with Crippen LogP contribution in [-0.2, 0) is 0 Å². The van der Waals surface area contributed by atoms with Gasteiger partial charge in [0.25, 0.3) is 0 Å². The predicted molar refractivity (Wildman–Crippen MR) is 49.5 cm³/mol. The molecule has 1 aromatic carbocycles. The number of hydrogen-bond acceptors (Lipinski definition) is 1. The summed E-state index contributed by atoms with van der Waals surface area (Å²) in [6.45, 7) is 0. The van der Waals surface area contributed by atoms with Crippen LogP contribution in [0, 0.1) is 0 Å². The number of phenols is 1. The normalized spacial score (nSPS) is 8.18. The fraction of sp³-hybridized carbons (Fsp3) is 0.250. The van der Waals surface area contributed by atoms with Gasteiger partial charge in [0.1, 0.15) is 5.75 Å². The van der Waals surface area contributed by atoms with Gasteiger partial charge in [-0.25, -0.2) is 0 Å². The molecule has 1 nitrogen and oxygen atoms in total. The number of halogens is 2. The van der Waals surface area contributed by atoms with Crippen LogP contribution in [0.2, 0.25) is 0 Å². The third-order valence-corrected chi connectivity index (χ3v) is 1.40. The first kappa shape index (κ1) is 10.6. The SMILES string of the molecule is ClCCCl.Oc1ccccc1. The first-order chi connectivity index (χ1) is 5.31. The minimum absolute atomic E-state index is 0.322. The molecule has 0 heterocycles. The number of para-hydroxylation sites is 1. The lowest BCUT2D eigenvalue weighted by atomic mass is 10.3. The van der Waals surface area contributed by atoms with Gasteiger partial charge in [0, 0.05) is 11.8 Å². The van der Waals surface area contributed by atoms with E-state index in [-0.39, 0.29) is 0 Å². The number of hydrogen-bond donors (Lipinski definition) is 1. The summed E-state index contributed by atoms with van der Waals surface area (Å²) in [7, 11) is 0. The molecule has 0 aliphatic rings. The van der Waals surface area contributed by atoms with Crippen molar-refractivity contribution in [1.82, 2.24) is 0 Å². The minimum Gasteiger partial charge on any atom is -0.508 e. The third-order valence-electron chi connectivity index (χ3n) is 0.828. The highest BCUT2D eigenvalue weighted by Gasteiger charge is 1.74. The Hall–Kier alpha value is -0.400. The van der Waals surface area contributed by atoms with E-state index in [1.165, 1.54) is 0 Å². The zero-order chi connectivity index (χ0) is 8.53. The van der Waals surface area contributed by atoms with Crippen molar-refractivity contribution in [3.8, 4) is 5.75 Å². The minimum atomic E-state index is 0.322. The van der Waals surface area contributed by atoms with Crippen molar-refractivity contribution in [1.29, 1.82) is 0 Å².